The number of aliphatic imine (C=N–C) groups is 1. The van der Waals surface area contributed by atoms with Crippen LogP contribution in [0.2, 0.25) is 43.8 Å². The Morgan fingerprint density at radius 1 is 1.04 bits per heavy atom. The number of aryl methyl sites for hydroxylation is 1. The number of nitrogens with one attached hydrogen (secondary N) is 1. The summed E-state index contributed by atoms with van der Waals surface area (Å²) >= 11 is 0. The second-order valence-corrected chi connectivity index (χ2v) is 25.5. The van der Waals surface area contributed by atoms with E-state index in [2.05, 4.69) is 69.0 Å². The molecule has 0 radical (unpaired) electrons. The third kappa shape index (κ3) is 9.32. The topological polar surface area (TPSA) is 92.0 Å². The van der Waals surface area contributed by atoms with Gasteiger partial charge >= 0.3 is 0 Å². The van der Waals surface area contributed by atoms with Crippen molar-refractivity contribution in [3.8, 4) is 0 Å². The zero-order valence-corrected chi connectivity index (χ0v) is 31.4. The third-order valence-electron chi connectivity index (χ3n) is 10.6. The molecule has 5 atom stereocenters. The first-order valence-electron chi connectivity index (χ1n) is 18.0. The number of aromatic amines is 1. The van der Waals surface area contributed by atoms with E-state index < -0.39 is 28.2 Å². The molecule has 3 N–H and O–H groups in total. The van der Waals surface area contributed by atoms with Crippen LogP contribution >= 0.6 is 0 Å². The van der Waals surface area contributed by atoms with Crippen LogP contribution in [-0.4, -0.2) is 66.4 Å². The molecule has 9 heteroatoms. The van der Waals surface area contributed by atoms with E-state index in [0.29, 0.717) is 13.2 Å². The van der Waals surface area contributed by atoms with E-state index in [-0.39, 0.29) is 17.9 Å². The van der Waals surface area contributed by atoms with Crippen LogP contribution in [0.15, 0.2) is 35.5 Å². The maximum absolute atomic E-state index is 12.6. The molecule has 2 aromatic rings. The van der Waals surface area contributed by atoms with Crippen LogP contribution in [0.1, 0.15) is 102 Å². The van der Waals surface area contributed by atoms with Gasteiger partial charge in [0.1, 0.15) is 12.8 Å². The zero-order valence-electron chi connectivity index (χ0n) is 29.4. The third-order valence-corrected chi connectivity index (χ3v) is 17.1. The lowest BCUT2D eigenvalue weighted by atomic mass is 9.74. The van der Waals surface area contributed by atoms with Crippen molar-refractivity contribution >= 4 is 22.1 Å². The lowest BCUT2D eigenvalue weighted by molar-refractivity contribution is -0.0909. The van der Waals surface area contributed by atoms with E-state index >= 15 is 0 Å². The molecule has 45 heavy (non-hydrogen) atoms. The summed E-state index contributed by atoms with van der Waals surface area (Å²) in [6.45, 7) is 17.3. The molecular formula is C36H63N3O4Si2. The average molecular weight is 658 g/mol. The molecule has 0 aromatic carbocycles. The summed E-state index contributed by atoms with van der Waals surface area (Å²) in [6.07, 6.45) is 10.2. The first-order chi connectivity index (χ1) is 21.4. The summed E-state index contributed by atoms with van der Waals surface area (Å²) in [5.74, 6) is -0.246. The van der Waals surface area contributed by atoms with Gasteiger partial charge in [0.05, 0.1) is 17.3 Å². The van der Waals surface area contributed by atoms with E-state index in [1.165, 1.54) is 31.4 Å². The van der Waals surface area contributed by atoms with Crippen LogP contribution in [0.5, 0.6) is 0 Å². The molecule has 0 amide bonds. The van der Waals surface area contributed by atoms with Gasteiger partial charge in [-0.2, -0.15) is 0 Å². The van der Waals surface area contributed by atoms with Gasteiger partial charge in [0.2, 0.25) is 0 Å². The molecule has 2 bridgehead atoms. The fraction of sp³-hybridized carbons (Fsp3) is 0.750. The van der Waals surface area contributed by atoms with Crippen LogP contribution in [0.3, 0.4) is 0 Å². The minimum Gasteiger partial charge on any atom is -0.414 e. The molecule has 2 aromatic heterocycles. The summed E-state index contributed by atoms with van der Waals surface area (Å²) in [4.78, 5) is 8.78. The monoisotopic (exact) mass is 657 g/mol. The molecule has 2 unspecified atom stereocenters. The minimum absolute atomic E-state index is 0.0856. The Hall–Kier alpha value is -1.50. The zero-order chi connectivity index (χ0) is 32.7. The van der Waals surface area contributed by atoms with Crippen molar-refractivity contribution in [1.29, 1.82) is 0 Å². The molecule has 7 nitrogen and oxygen atoms in total. The summed E-state index contributed by atoms with van der Waals surface area (Å²) in [7, 11) is -2.97. The Labute approximate surface area is 275 Å². The highest BCUT2D eigenvalue weighted by molar-refractivity contribution is 6.76. The Kier molecular flexibility index (Phi) is 13.0. The molecular weight excluding hydrogens is 595 g/mol. The fourth-order valence-electron chi connectivity index (χ4n) is 7.63. The van der Waals surface area contributed by atoms with Gasteiger partial charge < -0.3 is 28.9 Å². The summed E-state index contributed by atoms with van der Waals surface area (Å²) in [5, 5.41) is 24.4. The Morgan fingerprint density at radius 2 is 1.76 bits per heavy atom. The van der Waals surface area contributed by atoms with Gasteiger partial charge in [-0.25, -0.2) is 0 Å². The van der Waals surface area contributed by atoms with E-state index in [9.17, 15) is 10.2 Å². The largest absolute Gasteiger partial charge is 0.414 e. The molecule has 254 valence electrons. The van der Waals surface area contributed by atoms with E-state index in [0.717, 1.165) is 73.6 Å². The summed E-state index contributed by atoms with van der Waals surface area (Å²) < 4.78 is 15.1. The van der Waals surface area contributed by atoms with Crippen molar-refractivity contribution in [2.24, 2.45) is 10.9 Å². The first kappa shape index (κ1) is 36.3. The number of aliphatic hydroxyl groups is 2. The minimum atomic E-state index is -1.79. The number of ether oxygens (including phenoxy) is 1. The van der Waals surface area contributed by atoms with Gasteiger partial charge in [0.15, 0.2) is 14.0 Å². The van der Waals surface area contributed by atoms with Crippen molar-refractivity contribution < 1.29 is 19.4 Å². The highest BCUT2D eigenvalue weighted by Gasteiger charge is 2.52. The molecule has 0 spiro atoms. The average Bonchev–Trinajstić information content (AvgIpc) is 3.72. The SMILES string of the molecule is CC[Si](CC)(CC)O[C@@H](C)C[C@@H]1CCCCCCCc2ccc([nH]2)[C@H]1C1(O)N=C(c2cccn2COCC[Si](C)(C)C)CC1O. The van der Waals surface area contributed by atoms with Crippen LogP contribution in [0.4, 0.5) is 0 Å². The molecule has 2 aliphatic heterocycles. The number of rotatable bonds is 14. The molecule has 0 saturated carbocycles. The van der Waals surface area contributed by atoms with Crippen molar-refractivity contribution in [3.63, 3.8) is 0 Å². The summed E-state index contributed by atoms with van der Waals surface area (Å²) in [5.41, 5.74) is 2.23. The number of hydrogen-bond donors (Lipinski definition) is 3. The Bertz CT molecular complexity index is 1210. The molecule has 4 heterocycles. The van der Waals surface area contributed by atoms with Gasteiger partial charge in [-0.15, -0.1) is 0 Å². The van der Waals surface area contributed by atoms with Crippen molar-refractivity contribution in [3.05, 3.63) is 47.5 Å². The predicted octanol–water partition coefficient (Wildman–Crippen LogP) is 8.47. The van der Waals surface area contributed by atoms with Crippen LogP contribution in [0.25, 0.3) is 0 Å². The van der Waals surface area contributed by atoms with E-state index in [4.69, 9.17) is 14.2 Å². The predicted molar refractivity (Wildman–Crippen MR) is 191 cm³/mol. The van der Waals surface area contributed by atoms with Crippen molar-refractivity contribution in [2.45, 2.75) is 160 Å². The van der Waals surface area contributed by atoms with Gasteiger partial charge in [0, 0.05) is 44.8 Å². The smallest absolute Gasteiger partial charge is 0.192 e. The van der Waals surface area contributed by atoms with Gasteiger partial charge in [-0.3, -0.25) is 4.99 Å². The molecule has 0 fully saturated rings. The number of nitrogens with zero attached hydrogens (tertiary/aromatic N) is 2. The molecule has 2 aliphatic rings. The highest BCUT2D eigenvalue weighted by atomic mass is 28.4. The van der Waals surface area contributed by atoms with Crippen LogP contribution < -0.4 is 0 Å². The lowest BCUT2D eigenvalue weighted by Crippen LogP contribution is -2.47. The van der Waals surface area contributed by atoms with Crippen molar-refractivity contribution in [2.75, 3.05) is 6.61 Å². The number of aromatic nitrogens is 2. The number of aliphatic hydroxyl groups excluding tert-OH is 1. The number of H-pyrrole nitrogens is 1. The maximum Gasteiger partial charge on any atom is 0.192 e. The fourth-order valence-corrected chi connectivity index (χ4v) is 11.3. The standard InChI is InChI=1S/C36H63N3O4Si2/c1-8-45(9-2,10-3)43-28(4)25-29-17-14-12-11-13-15-18-30-20-21-31(37-30)35(29)36(41)34(40)26-32(38-36)33-19-16-22-39(33)27-42-23-24-44(5,6)7/h16,19-22,28-29,34-35,37,40-41H,8-15,17-18,23-27H2,1-7H3/t28-,29-,34?,35-,36?/m0/s1. The second-order valence-electron chi connectivity index (χ2n) is 15.2. The second kappa shape index (κ2) is 16.1. The number of fused-ring (bicyclic) bond motifs is 2. The highest BCUT2D eigenvalue weighted by Crippen LogP contribution is 2.47. The number of hydrogen-bond acceptors (Lipinski definition) is 5. The maximum atomic E-state index is 12.6. The first-order valence-corrected chi connectivity index (χ1v) is 24.2. The van der Waals surface area contributed by atoms with Gasteiger partial charge in [0.25, 0.3) is 0 Å². The molecule has 0 saturated heterocycles. The van der Waals surface area contributed by atoms with Gasteiger partial charge in [-0.1, -0.05) is 66.1 Å². The van der Waals surface area contributed by atoms with Crippen LogP contribution in [-0.2, 0) is 22.3 Å². The van der Waals surface area contributed by atoms with Gasteiger partial charge in [-0.05, 0) is 87.0 Å². The van der Waals surface area contributed by atoms with E-state index in [1.807, 2.05) is 18.3 Å². The summed E-state index contributed by atoms with van der Waals surface area (Å²) in [6, 6.07) is 12.8. The van der Waals surface area contributed by atoms with Crippen LogP contribution in [0, 0.1) is 5.92 Å². The molecule has 0 aliphatic carbocycles. The quantitative estimate of drug-likeness (QED) is 0.140. The Balaban J connectivity index is 1.67. The lowest BCUT2D eigenvalue weighted by Gasteiger charge is -2.40. The van der Waals surface area contributed by atoms with Crippen molar-refractivity contribution in [1.82, 2.24) is 9.55 Å². The van der Waals surface area contributed by atoms with E-state index in [1.54, 1.807) is 0 Å². The Morgan fingerprint density at radius 3 is 2.47 bits per heavy atom. The normalized spacial score (nSPS) is 25.9. The molecule has 4 rings (SSSR count).